The zero-order valence-corrected chi connectivity index (χ0v) is 15.8. The van der Waals surface area contributed by atoms with Crippen LogP contribution in [0.3, 0.4) is 0 Å². The molecule has 0 aromatic heterocycles. The van der Waals surface area contributed by atoms with Crippen molar-refractivity contribution in [2.45, 2.75) is 33.4 Å². The highest BCUT2D eigenvalue weighted by atomic mass is 16.5. The van der Waals surface area contributed by atoms with Crippen LogP contribution in [-0.2, 0) is 16.1 Å². The van der Waals surface area contributed by atoms with Gasteiger partial charge in [-0.2, -0.15) is 0 Å². The van der Waals surface area contributed by atoms with E-state index in [1.54, 1.807) is 18.9 Å². The minimum Gasteiger partial charge on any atom is -0.483 e. The summed E-state index contributed by atoms with van der Waals surface area (Å²) in [6.07, 6.45) is 0. The summed E-state index contributed by atoms with van der Waals surface area (Å²) in [4.78, 5) is 26.4. The van der Waals surface area contributed by atoms with Gasteiger partial charge < -0.3 is 15.0 Å². The molecule has 0 saturated carbocycles. The molecule has 26 heavy (non-hydrogen) atoms. The number of carbonyl (C=O) groups is 2. The minimum absolute atomic E-state index is 0.113. The zero-order valence-electron chi connectivity index (χ0n) is 15.8. The van der Waals surface area contributed by atoms with Crippen molar-refractivity contribution >= 4 is 11.8 Å². The van der Waals surface area contributed by atoms with Gasteiger partial charge in [0.2, 0.25) is 5.91 Å². The van der Waals surface area contributed by atoms with Crippen LogP contribution in [0.4, 0.5) is 0 Å². The van der Waals surface area contributed by atoms with E-state index in [4.69, 9.17) is 4.74 Å². The van der Waals surface area contributed by atoms with Gasteiger partial charge in [0.1, 0.15) is 11.8 Å². The van der Waals surface area contributed by atoms with E-state index in [2.05, 4.69) is 5.32 Å². The third-order valence-electron chi connectivity index (χ3n) is 4.52. The lowest BCUT2D eigenvalue weighted by Crippen LogP contribution is -2.48. The SMILES string of the molecule is CNC(=O)[C@@H](C)N(Cc1ccccc1)C(=O)COc1cccc(C)c1C. The molecule has 0 bridgehead atoms. The van der Waals surface area contributed by atoms with Gasteiger partial charge in [-0.3, -0.25) is 9.59 Å². The second-order valence-electron chi connectivity index (χ2n) is 6.28. The van der Waals surface area contributed by atoms with Crippen molar-refractivity contribution in [3.8, 4) is 5.75 Å². The standard InChI is InChI=1S/C21H26N2O3/c1-15-9-8-12-19(16(15)2)26-14-20(24)23(17(3)21(25)22-4)13-18-10-6-5-7-11-18/h5-12,17H,13-14H2,1-4H3,(H,22,25)/t17-/m1/s1. The summed E-state index contributed by atoms with van der Waals surface area (Å²) >= 11 is 0. The maximum atomic E-state index is 12.8. The number of benzene rings is 2. The van der Waals surface area contributed by atoms with Crippen LogP contribution in [0.25, 0.3) is 0 Å². The lowest BCUT2D eigenvalue weighted by Gasteiger charge is -2.28. The Bertz CT molecular complexity index is 759. The number of nitrogens with one attached hydrogen (secondary N) is 1. The Morgan fingerprint density at radius 1 is 1.08 bits per heavy atom. The largest absolute Gasteiger partial charge is 0.483 e. The number of hydrogen-bond acceptors (Lipinski definition) is 3. The van der Waals surface area contributed by atoms with Crippen molar-refractivity contribution in [3.63, 3.8) is 0 Å². The predicted octanol–water partition coefficient (Wildman–Crippen LogP) is 2.85. The molecule has 5 heteroatoms. The quantitative estimate of drug-likeness (QED) is 0.832. The van der Waals surface area contributed by atoms with E-state index in [-0.39, 0.29) is 18.4 Å². The highest BCUT2D eigenvalue weighted by Gasteiger charge is 2.25. The topological polar surface area (TPSA) is 58.6 Å². The van der Waals surface area contributed by atoms with Gasteiger partial charge in [-0.15, -0.1) is 0 Å². The van der Waals surface area contributed by atoms with Crippen molar-refractivity contribution < 1.29 is 14.3 Å². The van der Waals surface area contributed by atoms with E-state index in [0.29, 0.717) is 12.3 Å². The van der Waals surface area contributed by atoms with Gasteiger partial charge in [0.15, 0.2) is 6.61 Å². The van der Waals surface area contributed by atoms with Crippen LogP contribution in [0.5, 0.6) is 5.75 Å². The summed E-state index contributed by atoms with van der Waals surface area (Å²) in [7, 11) is 1.57. The van der Waals surface area contributed by atoms with Crippen LogP contribution in [0.2, 0.25) is 0 Å². The molecule has 2 aromatic rings. The van der Waals surface area contributed by atoms with Gasteiger partial charge in [0, 0.05) is 13.6 Å². The Morgan fingerprint density at radius 2 is 1.77 bits per heavy atom. The Balaban J connectivity index is 2.14. The molecule has 138 valence electrons. The summed E-state index contributed by atoms with van der Waals surface area (Å²) in [5.41, 5.74) is 3.08. The third-order valence-corrected chi connectivity index (χ3v) is 4.52. The van der Waals surface area contributed by atoms with Gasteiger partial charge in [-0.1, -0.05) is 42.5 Å². The molecule has 0 radical (unpaired) electrons. The zero-order chi connectivity index (χ0) is 19.1. The maximum Gasteiger partial charge on any atom is 0.261 e. The molecule has 1 N–H and O–H groups in total. The van der Waals surface area contributed by atoms with Crippen LogP contribution < -0.4 is 10.1 Å². The molecular formula is C21H26N2O3. The van der Waals surface area contributed by atoms with Gasteiger partial charge >= 0.3 is 0 Å². The van der Waals surface area contributed by atoms with Crippen molar-refractivity contribution in [2.75, 3.05) is 13.7 Å². The summed E-state index contributed by atoms with van der Waals surface area (Å²) in [6.45, 7) is 5.92. The first kappa shape index (κ1) is 19.5. The molecule has 0 fully saturated rings. The molecular weight excluding hydrogens is 328 g/mol. The number of amides is 2. The highest BCUT2D eigenvalue weighted by molar-refractivity contribution is 5.87. The molecule has 1 atom stereocenters. The highest BCUT2D eigenvalue weighted by Crippen LogP contribution is 2.21. The Kier molecular flexibility index (Phi) is 6.78. The van der Waals surface area contributed by atoms with Crippen LogP contribution >= 0.6 is 0 Å². The lowest BCUT2D eigenvalue weighted by atomic mass is 10.1. The number of ether oxygens (including phenoxy) is 1. The molecule has 0 aliphatic rings. The second-order valence-corrected chi connectivity index (χ2v) is 6.28. The Morgan fingerprint density at radius 3 is 2.42 bits per heavy atom. The molecule has 0 aliphatic heterocycles. The molecule has 2 amide bonds. The molecule has 0 aliphatic carbocycles. The number of hydrogen-bond donors (Lipinski definition) is 1. The number of aryl methyl sites for hydroxylation is 1. The number of rotatable bonds is 7. The molecule has 2 rings (SSSR count). The average Bonchev–Trinajstić information content (AvgIpc) is 2.66. The normalized spacial score (nSPS) is 11.5. The van der Waals surface area contributed by atoms with E-state index < -0.39 is 6.04 Å². The fourth-order valence-electron chi connectivity index (χ4n) is 2.67. The lowest BCUT2D eigenvalue weighted by molar-refractivity contribution is -0.142. The van der Waals surface area contributed by atoms with Crippen molar-refractivity contribution in [3.05, 3.63) is 65.2 Å². The van der Waals surface area contributed by atoms with Gasteiger partial charge in [0.25, 0.3) is 5.91 Å². The summed E-state index contributed by atoms with van der Waals surface area (Å²) in [5, 5.41) is 2.60. The van der Waals surface area contributed by atoms with Crippen LogP contribution in [0.1, 0.15) is 23.6 Å². The second kappa shape index (κ2) is 9.04. The smallest absolute Gasteiger partial charge is 0.261 e. The van der Waals surface area contributed by atoms with E-state index in [1.165, 1.54) is 0 Å². The van der Waals surface area contributed by atoms with Crippen molar-refractivity contribution in [1.82, 2.24) is 10.2 Å². The van der Waals surface area contributed by atoms with Gasteiger partial charge in [0.05, 0.1) is 0 Å². The first-order valence-corrected chi connectivity index (χ1v) is 8.68. The van der Waals surface area contributed by atoms with Crippen LogP contribution in [-0.4, -0.2) is 36.4 Å². The summed E-state index contributed by atoms with van der Waals surface area (Å²) < 4.78 is 5.74. The van der Waals surface area contributed by atoms with Gasteiger partial charge in [-0.25, -0.2) is 0 Å². The van der Waals surface area contributed by atoms with Crippen LogP contribution in [0, 0.1) is 13.8 Å². The average molecular weight is 354 g/mol. The van der Waals surface area contributed by atoms with Gasteiger partial charge in [-0.05, 0) is 43.5 Å². The number of nitrogens with zero attached hydrogens (tertiary/aromatic N) is 1. The van der Waals surface area contributed by atoms with Crippen molar-refractivity contribution in [2.24, 2.45) is 0 Å². The molecule has 0 spiro atoms. The predicted molar refractivity (Wildman–Crippen MR) is 102 cm³/mol. The fraction of sp³-hybridized carbons (Fsp3) is 0.333. The Hall–Kier alpha value is -2.82. The number of likely N-dealkylation sites (N-methyl/N-ethyl adjacent to an activating group) is 1. The molecule has 0 saturated heterocycles. The van der Waals surface area contributed by atoms with E-state index in [9.17, 15) is 9.59 Å². The Labute approximate surface area is 155 Å². The minimum atomic E-state index is -0.588. The molecule has 2 aromatic carbocycles. The third kappa shape index (κ3) is 4.85. The summed E-state index contributed by atoms with van der Waals surface area (Å²) in [5.74, 6) is 0.248. The van der Waals surface area contributed by atoms with E-state index in [1.807, 2.05) is 62.4 Å². The van der Waals surface area contributed by atoms with E-state index in [0.717, 1.165) is 16.7 Å². The first-order chi connectivity index (χ1) is 12.4. The van der Waals surface area contributed by atoms with E-state index >= 15 is 0 Å². The summed E-state index contributed by atoms with van der Waals surface area (Å²) in [6, 6.07) is 14.8. The molecule has 0 unspecified atom stereocenters. The monoisotopic (exact) mass is 354 g/mol. The molecule has 5 nitrogen and oxygen atoms in total. The number of carbonyl (C=O) groups excluding carboxylic acids is 2. The maximum absolute atomic E-state index is 12.8. The van der Waals surface area contributed by atoms with Crippen LogP contribution in [0.15, 0.2) is 48.5 Å². The van der Waals surface area contributed by atoms with Crippen molar-refractivity contribution in [1.29, 1.82) is 0 Å². The first-order valence-electron chi connectivity index (χ1n) is 8.68. The fourth-order valence-corrected chi connectivity index (χ4v) is 2.67. The molecule has 0 heterocycles.